The first-order chi connectivity index (χ1) is 14.7. The van der Waals surface area contributed by atoms with Gasteiger partial charge in [-0.2, -0.15) is 13.2 Å². The molecule has 1 heterocycles. The van der Waals surface area contributed by atoms with E-state index in [1.165, 1.54) is 12.1 Å². The summed E-state index contributed by atoms with van der Waals surface area (Å²) in [4.78, 5) is 0. The minimum absolute atomic E-state index is 0.130. The fourth-order valence-corrected chi connectivity index (χ4v) is 3.90. The van der Waals surface area contributed by atoms with E-state index in [9.17, 15) is 18.3 Å². The molecule has 31 heavy (non-hydrogen) atoms. The van der Waals surface area contributed by atoms with Gasteiger partial charge in [0.2, 0.25) is 0 Å². The largest absolute Gasteiger partial charge is 0.507 e. The van der Waals surface area contributed by atoms with Gasteiger partial charge in [0.15, 0.2) is 5.82 Å². The van der Waals surface area contributed by atoms with E-state index in [1.54, 1.807) is 13.2 Å². The smallest absolute Gasteiger partial charge is 0.409 e. The lowest BCUT2D eigenvalue weighted by Crippen LogP contribution is -2.49. The van der Waals surface area contributed by atoms with Gasteiger partial charge in [0, 0.05) is 35.6 Å². The van der Waals surface area contributed by atoms with Crippen molar-refractivity contribution in [3.05, 3.63) is 54.1 Å². The zero-order valence-corrected chi connectivity index (χ0v) is 17.1. The molecule has 1 saturated carbocycles. The van der Waals surface area contributed by atoms with E-state index in [-0.39, 0.29) is 29.0 Å². The molecular weight excluding hydrogens is 407 g/mol. The molecule has 0 radical (unpaired) electrons. The van der Waals surface area contributed by atoms with E-state index in [0.717, 1.165) is 29.7 Å². The van der Waals surface area contributed by atoms with Crippen LogP contribution >= 0.6 is 0 Å². The number of hydrogen-bond acceptors (Lipinski definition) is 5. The molecule has 1 fully saturated rings. The van der Waals surface area contributed by atoms with Crippen molar-refractivity contribution in [2.45, 2.75) is 37.6 Å². The first kappa shape index (κ1) is 21.1. The van der Waals surface area contributed by atoms with Crippen molar-refractivity contribution in [2.75, 3.05) is 12.4 Å². The molecule has 0 saturated heterocycles. The number of benzene rings is 2. The highest BCUT2D eigenvalue weighted by Gasteiger charge is 2.40. The summed E-state index contributed by atoms with van der Waals surface area (Å²) < 4.78 is 42.7. The SMILES string of the molecule is COC1(C)CC(Nc2nnc(-c3ccc(/C=C/C(F)(F)F)cc3O)c3ccccc23)C1. The monoisotopic (exact) mass is 429 g/mol. The molecule has 1 aliphatic rings. The van der Waals surface area contributed by atoms with Crippen LogP contribution < -0.4 is 5.32 Å². The highest BCUT2D eigenvalue weighted by molar-refractivity contribution is 6.01. The predicted octanol–water partition coefficient (Wildman–Crippen LogP) is 5.56. The maximum Gasteiger partial charge on any atom is 0.409 e. The number of aromatic nitrogens is 2. The van der Waals surface area contributed by atoms with Crippen molar-refractivity contribution in [3.8, 4) is 17.0 Å². The average Bonchev–Trinajstić information content (AvgIpc) is 2.71. The van der Waals surface area contributed by atoms with Gasteiger partial charge in [-0.1, -0.05) is 30.3 Å². The number of anilines is 1. The van der Waals surface area contributed by atoms with Crippen LogP contribution in [0.25, 0.3) is 28.1 Å². The molecule has 3 aromatic rings. The minimum Gasteiger partial charge on any atom is -0.507 e. The van der Waals surface area contributed by atoms with Crippen molar-refractivity contribution < 1.29 is 23.0 Å². The zero-order chi connectivity index (χ0) is 22.2. The Balaban J connectivity index is 1.66. The number of phenolic OH excluding ortho intramolecular Hbond substituents is 1. The quantitative estimate of drug-likeness (QED) is 0.556. The number of fused-ring (bicyclic) bond motifs is 1. The van der Waals surface area contributed by atoms with E-state index in [2.05, 4.69) is 22.4 Å². The number of methoxy groups -OCH3 is 1. The number of alkyl halides is 3. The van der Waals surface area contributed by atoms with Crippen LogP contribution in [0.2, 0.25) is 0 Å². The van der Waals surface area contributed by atoms with Gasteiger partial charge in [-0.25, -0.2) is 0 Å². The fraction of sp³-hybridized carbons (Fsp3) is 0.304. The lowest BCUT2D eigenvalue weighted by atomic mass is 9.77. The maximum atomic E-state index is 12.4. The third-order valence-corrected chi connectivity index (χ3v) is 5.62. The zero-order valence-electron chi connectivity index (χ0n) is 17.1. The first-order valence-electron chi connectivity index (χ1n) is 9.84. The Labute approximate surface area is 177 Å². The van der Waals surface area contributed by atoms with E-state index in [0.29, 0.717) is 17.1 Å². The van der Waals surface area contributed by atoms with E-state index in [1.807, 2.05) is 24.3 Å². The van der Waals surface area contributed by atoms with Crippen LogP contribution in [0.1, 0.15) is 25.3 Å². The lowest BCUT2D eigenvalue weighted by molar-refractivity contribution is -0.0790. The average molecular weight is 429 g/mol. The number of rotatable bonds is 5. The lowest BCUT2D eigenvalue weighted by Gasteiger charge is -2.44. The van der Waals surface area contributed by atoms with Crippen LogP contribution in [-0.2, 0) is 4.74 Å². The van der Waals surface area contributed by atoms with Gasteiger partial charge in [-0.3, -0.25) is 0 Å². The van der Waals surface area contributed by atoms with Crippen molar-refractivity contribution in [1.82, 2.24) is 10.2 Å². The molecule has 5 nitrogen and oxygen atoms in total. The molecular formula is C23H22F3N3O2. The van der Waals surface area contributed by atoms with Crippen molar-refractivity contribution in [1.29, 1.82) is 0 Å². The number of allylic oxidation sites excluding steroid dienone is 1. The summed E-state index contributed by atoms with van der Waals surface area (Å²) >= 11 is 0. The predicted molar refractivity (Wildman–Crippen MR) is 114 cm³/mol. The van der Waals surface area contributed by atoms with Gasteiger partial charge in [-0.05, 0) is 43.5 Å². The Morgan fingerprint density at radius 2 is 1.84 bits per heavy atom. The summed E-state index contributed by atoms with van der Waals surface area (Å²) in [6, 6.07) is 12.1. The number of phenols is 1. The topological polar surface area (TPSA) is 67.3 Å². The second kappa shape index (κ2) is 7.85. The van der Waals surface area contributed by atoms with Crippen LogP contribution in [0.4, 0.5) is 19.0 Å². The van der Waals surface area contributed by atoms with Gasteiger partial charge in [0.25, 0.3) is 0 Å². The Bertz CT molecular complexity index is 1140. The van der Waals surface area contributed by atoms with Gasteiger partial charge in [0.1, 0.15) is 11.4 Å². The molecule has 0 bridgehead atoms. The van der Waals surface area contributed by atoms with Crippen molar-refractivity contribution in [2.24, 2.45) is 0 Å². The van der Waals surface area contributed by atoms with Gasteiger partial charge in [-0.15, -0.1) is 10.2 Å². The molecule has 4 rings (SSSR count). The molecule has 1 aliphatic carbocycles. The normalized spacial score (nSPS) is 21.4. The number of nitrogens with one attached hydrogen (secondary N) is 1. The van der Waals surface area contributed by atoms with Crippen LogP contribution in [-0.4, -0.2) is 40.2 Å². The Morgan fingerprint density at radius 1 is 1.13 bits per heavy atom. The molecule has 0 atom stereocenters. The molecule has 1 aromatic heterocycles. The summed E-state index contributed by atoms with van der Waals surface area (Å²) in [5.74, 6) is 0.478. The third-order valence-electron chi connectivity index (χ3n) is 5.62. The van der Waals surface area contributed by atoms with Crippen LogP contribution in [0.15, 0.2) is 48.5 Å². The van der Waals surface area contributed by atoms with E-state index >= 15 is 0 Å². The molecule has 0 aliphatic heterocycles. The summed E-state index contributed by atoms with van der Waals surface area (Å²) in [5, 5.41) is 24.2. The first-order valence-corrected chi connectivity index (χ1v) is 9.84. The number of ether oxygens (including phenoxy) is 1. The highest BCUT2D eigenvalue weighted by atomic mass is 19.4. The van der Waals surface area contributed by atoms with Gasteiger partial charge < -0.3 is 15.2 Å². The van der Waals surface area contributed by atoms with Crippen LogP contribution in [0.5, 0.6) is 5.75 Å². The second-order valence-corrected chi connectivity index (χ2v) is 8.00. The summed E-state index contributed by atoms with van der Waals surface area (Å²) in [6.07, 6.45) is -1.66. The summed E-state index contributed by atoms with van der Waals surface area (Å²) in [7, 11) is 1.71. The standard InChI is InChI=1S/C23H22F3N3O2/c1-22(31-2)12-15(13-22)27-21-17-6-4-3-5-16(17)20(28-29-21)18-8-7-14(11-19(18)30)9-10-23(24,25)26/h3-11,15,30H,12-13H2,1-2H3,(H,27,29)/b10-9+. The van der Waals surface area contributed by atoms with Gasteiger partial charge >= 0.3 is 6.18 Å². The highest BCUT2D eigenvalue weighted by Crippen LogP contribution is 2.39. The molecule has 0 spiro atoms. The van der Waals surface area contributed by atoms with E-state index in [4.69, 9.17) is 4.74 Å². The number of halogens is 3. The Kier molecular flexibility index (Phi) is 5.35. The molecule has 2 N–H and O–H groups in total. The second-order valence-electron chi connectivity index (χ2n) is 8.00. The molecule has 0 unspecified atom stereocenters. The van der Waals surface area contributed by atoms with E-state index < -0.39 is 6.18 Å². The maximum absolute atomic E-state index is 12.4. The number of aromatic hydroxyl groups is 1. The van der Waals surface area contributed by atoms with Crippen LogP contribution in [0, 0.1) is 0 Å². The molecule has 162 valence electrons. The number of nitrogens with zero attached hydrogens (tertiary/aromatic N) is 2. The molecule has 8 heteroatoms. The molecule has 2 aromatic carbocycles. The minimum atomic E-state index is -4.42. The van der Waals surface area contributed by atoms with Gasteiger partial charge in [0.05, 0.1) is 5.60 Å². The van der Waals surface area contributed by atoms with Crippen molar-refractivity contribution >= 4 is 22.7 Å². The Morgan fingerprint density at radius 3 is 2.48 bits per heavy atom. The van der Waals surface area contributed by atoms with Crippen molar-refractivity contribution in [3.63, 3.8) is 0 Å². The summed E-state index contributed by atoms with van der Waals surface area (Å²) in [6.45, 7) is 2.06. The van der Waals surface area contributed by atoms with Crippen LogP contribution in [0.3, 0.4) is 0 Å². The fourth-order valence-electron chi connectivity index (χ4n) is 3.90. The molecule has 0 amide bonds. The third kappa shape index (κ3) is 4.49. The number of hydrogen-bond donors (Lipinski definition) is 2. The Hall–Kier alpha value is -3.13. The summed E-state index contributed by atoms with van der Waals surface area (Å²) in [5.41, 5.74) is 0.963.